The van der Waals surface area contributed by atoms with Crippen molar-refractivity contribution in [2.45, 2.75) is 26.8 Å². The largest absolute Gasteiger partial charge is 0.497 e. The fourth-order valence-electron chi connectivity index (χ4n) is 5.26. The minimum atomic E-state index is -3.67. The fraction of sp³-hybridized carbons (Fsp3) is 0.257. The van der Waals surface area contributed by atoms with Crippen LogP contribution in [0.25, 0.3) is 16.6 Å². The molecule has 0 aliphatic rings. The highest BCUT2D eigenvalue weighted by atomic mass is 32.2. The molecule has 2 heterocycles. The number of hydrogen-bond donors (Lipinski definition) is 2. The number of anilines is 1. The van der Waals surface area contributed by atoms with Gasteiger partial charge in [-0.3, -0.25) is 24.0 Å². The van der Waals surface area contributed by atoms with Crippen LogP contribution in [0.3, 0.4) is 0 Å². The van der Waals surface area contributed by atoms with Gasteiger partial charge < -0.3 is 19.6 Å². The number of rotatable bonds is 10. The number of ether oxygens (including phenoxy) is 2. The Hall–Kier alpha value is -5.58. The first kappa shape index (κ1) is 38.2. The lowest BCUT2D eigenvalue weighted by atomic mass is 10.0. The summed E-state index contributed by atoms with van der Waals surface area (Å²) in [5, 5.41) is 3.24. The van der Waals surface area contributed by atoms with Crippen molar-refractivity contribution in [2.75, 3.05) is 32.8 Å². The van der Waals surface area contributed by atoms with Crippen molar-refractivity contribution in [3.05, 3.63) is 106 Å². The predicted octanol–water partition coefficient (Wildman–Crippen LogP) is 4.73. The average Bonchev–Trinajstić information content (AvgIpc) is 3.29. The van der Waals surface area contributed by atoms with Crippen LogP contribution in [-0.4, -0.2) is 77.8 Å². The van der Waals surface area contributed by atoms with Gasteiger partial charge in [0.05, 0.1) is 30.3 Å². The van der Waals surface area contributed by atoms with Crippen molar-refractivity contribution in [1.29, 1.82) is 0 Å². The molecule has 0 spiro atoms. The third-order valence-electron chi connectivity index (χ3n) is 7.39. The van der Waals surface area contributed by atoms with Crippen LogP contribution < -0.4 is 25.2 Å². The number of para-hydroxylation sites is 1. The number of carbonyl (C=O) groups excluding carboxylic acids is 2. The lowest BCUT2D eigenvalue weighted by Crippen LogP contribution is -2.46. The molecule has 5 aromatic rings. The molecule has 51 heavy (non-hydrogen) atoms. The molecule has 1 amide bonds. The average molecular weight is 724 g/mol. The summed E-state index contributed by atoms with van der Waals surface area (Å²) in [5.41, 5.74) is 0.160. The first-order chi connectivity index (χ1) is 24.0. The summed E-state index contributed by atoms with van der Waals surface area (Å²) >= 11 is 0. The van der Waals surface area contributed by atoms with Crippen molar-refractivity contribution in [3.63, 3.8) is 0 Å². The minimum absolute atomic E-state index is 0.0809. The number of carbonyl (C=O) groups is 2. The summed E-state index contributed by atoms with van der Waals surface area (Å²) in [4.78, 5) is 53.3. The normalized spacial score (nSPS) is 11.9. The van der Waals surface area contributed by atoms with Crippen LogP contribution in [0.4, 0.5) is 10.1 Å². The molecule has 3 aromatic carbocycles. The van der Waals surface area contributed by atoms with E-state index in [1.165, 1.54) is 19.1 Å². The van der Waals surface area contributed by atoms with Gasteiger partial charge in [-0.25, -0.2) is 9.18 Å². The SMILES string of the molecule is COc1ccc2c(Oc3ccc(NC(=O)c4c(C)n(OC(=O)[C@H](C(C)C)N(C)C)n(-c5ccccc5)c4=O)cc3F)ccnc2c1.CS(=O)(=O)O. The highest BCUT2D eigenvalue weighted by Gasteiger charge is 2.31. The molecule has 2 aromatic heterocycles. The summed E-state index contributed by atoms with van der Waals surface area (Å²) in [7, 11) is 1.39. The van der Waals surface area contributed by atoms with E-state index in [1.54, 1.807) is 86.9 Å². The highest BCUT2D eigenvalue weighted by molar-refractivity contribution is 7.85. The van der Waals surface area contributed by atoms with Crippen LogP contribution in [0.15, 0.2) is 83.8 Å². The van der Waals surface area contributed by atoms with Crippen LogP contribution in [0.1, 0.15) is 29.9 Å². The molecular weight excluding hydrogens is 685 g/mol. The summed E-state index contributed by atoms with van der Waals surface area (Å²) in [6, 6.07) is 18.7. The Morgan fingerprint density at radius 2 is 1.67 bits per heavy atom. The fourth-order valence-corrected chi connectivity index (χ4v) is 5.26. The van der Waals surface area contributed by atoms with Crippen molar-refractivity contribution in [2.24, 2.45) is 5.92 Å². The number of amides is 1. The summed E-state index contributed by atoms with van der Waals surface area (Å²) in [6.07, 6.45) is 2.26. The quantitative estimate of drug-likeness (QED) is 0.191. The van der Waals surface area contributed by atoms with E-state index < -0.39 is 39.4 Å². The van der Waals surface area contributed by atoms with E-state index in [0.29, 0.717) is 34.3 Å². The van der Waals surface area contributed by atoms with Gasteiger partial charge in [-0.2, -0.15) is 13.1 Å². The monoisotopic (exact) mass is 723 g/mol. The van der Waals surface area contributed by atoms with Crippen molar-refractivity contribution >= 4 is 38.6 Å². The van der Waals surface area contributed by atoms with E-state index >= 15 is 4.39 Å². The number of aromatic nitrogens is 3. The Kier molecular flexibility index (Phi) is 12.0. The van der Waals surface area contributed by atoms with Gasteiger partial charge in [0.2, 0.25) is 0 Å². The Morgan fingerprint density at radius 3 is 2.25 bits per heavy atom. The number of halogens is 1. The molecule has 0 saturated carbocycles. The van der Waals surface area contributed by atoms with E-state index in [1.807, 2.05) is 13.8 Å². The van der Waals surface area contributed by atoms with E-state index in [0.717, 1.165) is 15.6 Å². The molecule has 0 radical (unpaired) electrons. The molecule has 14 nitrogen and oxygen atoms in total. The predicted molar refractivity (Wildman–Crippen MR) is 189 cm³/mol. The van der Waals surface area contributed by atoms with Gasteiger partial charge >= 0.3 is 5.97 Å². The molecule has 0 saturated heterocycles. The molecule has 0 aliphatic carbocycles. The second-order valence-corrected chi connectivity index (χ2v) is 13.3. The minimum Gasteiger partial charge on any atom is -0.497 e. The number of hydrogen-bond acceptors (Lipinski definition) is 10. The van der Waals surface area contributed by atoms with Gasteiger partial charge in [-0.05, 0) is 69.4 Å². The number of methoxy groups -OCH3 is 1. The van der Waals surface area contributed by atoms with E-state index in [2.05, 4.69) is 10.3 Å². The van der Waals surface area contributed by atoms with Gasteiger partial charge in [0.15, 0.2) is 11.6 Å². The Labute approximate surface area is 293 Å². The number of fused-ring (bicyclic) bond motifs is 1. The van der Waals surface area contributed by atoms with Gasteiger partial charge in [-0.15, -0.1) is 4.85 Å². The molecule has 16 heteroatoms. The van der Waals surface area contributed by atoms with E-state index in [9.17, 15) is 22.8 Å². The van der Waals surface area contributed by atoms with E-state index in [4.69, 9.17) is 18.9 Å². The first-order valence-electron chi connectivity index (χ1n) is 15.4. The molecular formula is C35H38FN5O9S. The molecule has 270 valence electrons. The Morgan fingerprint density at radius 1 is 1.00 bits per heavy atom. The van der Waals surface area contributed by atoms with E-state index in [-0.39, 0.29) is 28.6 Å². The number of likely N-dealkylation sites (N-methyl/N-ethyl adjacent to an activating group) is 1. The lowest BCUT2D eigenvalue weighted by molar-refractivity contribution is -0.154. The van der Waals surface area contributed by atoms with Crippen LogP contribution in [0, 0.1) is 18.7 Å². The zero-order valence-electron chi connectivity index (χ0n) is 28.9. The standard InChI is InChI=1S/C34H34FN5O6.CH4O3S/c1-20(2)31(38(4)5)34(43)46-40-21(3)30(33(42)39(40)23-10-8-7-9-11-23)32(41)37-22-12-15-29(26(35)18-22)45-28-16-17-36-27-19-24(44-6)13-14-25(27)28;1-5(2,3)4/h7-20,31H,1-6H3,(H,37,41);1H3,(H,2,3,4)/t31-;/m0./s1. The third-order valence-corrected chi connectivity index (χ3v) is 7.39. The maximum atomic E-state index is 15.3. The van der Waals surface area contributed by atoms with Gasteiger partial charge in [0, 0.05) is 29.4 Å². The van der Waals surface area contributed by atoms with Gasteiger partial charge in [0.1, 0.15) is 23.1 Å². The van der Waals surface area contributed by atoms with Crippen LogP contribution in [0.2, 0.25) is 0 Å². The smallest absolute Gasteiger partial charge is 0.352 e. The summed E-state index contributed by atoms with van der Waals surface area (Å²) < 4.78 is 53.3. The Balaban J connectivity index is 0.00000109. The molecule has 0 unspecified atom stereocenters. The van der Waals surface area contributed by atoms with Crippen molar-refractivity contribution in [1.82, 2.24) is 19.4 Å². The Bertz CT molecular complexity index is 2200. The second kappa shape index (κ2) is 16.0. The molecule has 1 atom stereocenters. The lowest BCUT2D eigenvalue weighted by Gasteiger charge is -2.26. The number of pyridine rings is 1. The number of nitrogens with one attached hydrogen (secondary N) is 1. The van der Waals surface area contributed by atoms with Crippen LogP contribution in [0.5, 0.6) is 17.2 Å². The zero-order valence-corrected chi connectivity index (χ0v) is 29.8. The second-order valence-electron chi connectivity index (χ2n) is 11.9. The van der Waals surface area contributed by atoms with Crippen molar-refractivity contribution in [3.8, 4) is 22.9 Å². The molecule has 0 fully saturated rings. The van der Waals surface area contributed by atoms with Gasteiger partial charge in [0.25, 0.3) is 21.6 Å². The van der Waals surface area contributed by atoms with Crippen LogP contribution >= 0.6 is 0 Å². The summed E-state index contributed by atoms with van der Waals surface area (Å²) in [6.45, 7) is 5.25. The first-order valence-corrected chi connectivity index (χ1v) is 17.3. The maximum absolute atomic E-state index is 15.3. The van der Waals surface area contributed by atoms with Gasteiger partial charge in [-0.1, -0.05) is 32.0 Å². The molecule has 2 N–H and O–H groups in total. The van der Waals surface area contributed by atoms with Crippen molar-refractivity contribution < 1.29 is 41.3 Å². The maximum Gasteiger partial charge on any atom is 0.352 e. The number of nitrogens with zero attached hydrogens (tertiary/aromatic N) is 4. The third kappa shape index (κ3) is 9.36. The molecule has 0 aliphatic heterocycles. The molecule has 5 rings (SSSR count). The number of benzene rings is 3. The summed E-state index contributed by atoms with van der Waals surface area (Å²) in [5.74, 6) is -1.33. The topological polar surface area (TPSA) is 171 Å². The highest BCUT2D eigenvalue weighted by Crippen LogP contribution is 2.33. The zero-order chi connectivity index (χ0) is 37.6. The van der Waals surface area contributed by atoms with Crippen LogP contribution in [-0.2, 0) is 14.9 Å². The molecule has 0 bridgehead atoms.